The molecule has 2 heterocycles. The Kier molecular flexibility index (Phi) is 3.95. The van der Waals surface area contributed by atoms with E-state index in [4.69, 9.17) is 0 Å². The maximum atomic E-state index is 12.6. The topological polar surface area (TPSA) is 59.0 Å². The van der Waals surface area contributed by atoms with Crippen molar-refractivity contribution in [2.24, 2.45) is 0 Å². The summed E-state index contributed by atoms with van der Waals surface area (Å²) in [4.78, 5) is 12.6. The largest absolute Gasteiger partial charge is 0.347 e. The second-order valence-electron chi connectivity index (χ2n) is 6.18. The lowest BCUT2D eigenvalue weighted by Crippen LogP contribution is -2.36. The summed E-state index contributed by atoms with van der Waals surface area (Å²) in [7, 11) is 0. The van der Waals surface area contributed by atoms with Gasteiger partial charge in [-0.15, -0.1) is 0 Å². The predicted molar refractivity (Wildman–Crippen MR) is 92.0 cm³/mol. The molecule has 1 fully saturated rings. The lowest BCUT2D eigenvalue weighted by molar-refractivity contribution is 0.0933. The first kappa shape index (κ1) is 14.9. The van der Waals surface area contributed by atoms with Crippen LogP contribution in [0.4, 0.5) is 0 Å². The fraction of sp³-hybridized carbons (Fsp3) is 0.412. The van der Waals surface area contributed by atoms with Gasteiger partial charge in [-0.3, -0.25) is 4.79 Å². The van der Waals surface area contributed by atoms with Crippen molar-refractivity contribution in [1.82, 2.24) is 20.4 Å². The molecule has 1 aliphatic carbocycles. The van der Waals surface area contributed by atoms with Crippen LogP contribution < -0.4 is 10.6 Å². The van der Waals surface area contributed by atoms with Gasteiger partial charge < -0.3 is 10.6 Å². The SMILES string of the molecule is O=C(NC1CCNC1)c1nn(-c2cccc(Br)c2)c2c1CCC2. The number of hydrogen-bond acceptors (Lipinski definition) is 3. The van der Waals surface area contributed by atoms with Crippen LogP contribution >= 0.6 is 15.9 Å². The first-order valence-electron chi connectivity index (χ1n) is 8.10. The smallest absolute Gasteiger partial charge is 0.272 e. The van der Waals surface area contributed by atoms with Crippen LogP contribution in [0.3, 0.4) is 0 Å². The summed E-state index contributed by atoms with van der Waals surface area (Å²) in [5.74, 6) is -0.0365. The average molecular weight is 375 g/mol. The molecule has 0 saturated carbocycles. The van der Waals surface area contributed by atoms with Gasteiger partial charge in [-0.2, -0.15) is 5.10 Å². The molecule has 23 heavy (non-hydrogen) atoms. The molecule has 1 aromatic carbocycles. The molecule has 0 bridgehead atoms. The van der Waals surface area contributed by atoms with E-state index in [1.54, 1.807) is 0 Å². The number of hydrogen-bond donors (Lipinski definition) is 2. The van der Waals surface area contributed by atoms with Crippen molar-refractivity contribution in [3.05, 3.63) is 45.7 Å². The number of nitrogens with zero attached hydrogens (tertiary/aromatic N) is 2. The van der Waals surface area contributed by atoms with E-state index < -0.39 is 0 Å². The zero-order valence-electron chi connectivity index (χ0n) is 12.8. The van der Waals surface area contributed by atoms with E-state index in [1.807, 2.05) is 28.9 Å². The van der Waals surface area contributed by atoms with Crippen LogP contribution in [-0.4, -0.2) is 34.8 Å². The van der Waals surface area contributed by atoms with E-state index in [1.165, 1.54) is 5.69 Å². The molecule has 6 heteroatoms. The molecule has 5 nitrogen and oxygen atoms in total. The molecule has 0 radical (unpaired) electrons. The number of carbonyl (C=O) groups is 1. The van der Waals surface area contributed by atoms with Crippen LogP contribution in [0.1, 0.15) is 34.6 Å². The summed E-state index contributed by atoms with van der Waals surface area (Å²) < 4.78 is 2.95. The molecular formula is C17H19BrN4O. The van der Waals surface area contributed by atoms with Gasteiger partial charge in [0.25, 0.3) is 5.91 Å². The second kappa shape index (κ2) is 6.09. The number of benzene rings is 1. The zero-order chi connectivity index (χ0) is 15.8. The Balaban J connectivity index is 1.68. The Morgan fingerprint density at radius 3 is 3.09 bits per heavy atom. The standard InChI is InChI=1S/C17H19BrN4O/c18-11-3-1-4-13(9-11)22-15-6-2-5-14(15)16(21-22)17(23)20-12-7-8-19-10-12/h1,3-4,9,12,19H,2,5-8,10H2,(H,20,23). The second-order valence-corrected chi connectivity index (χ2v) is 7.10. The molecule has 120 valence electrons. The lowest BCUT2D eigenvalue weighted by atomic mass is 10.1. The fourth-order valence-electron chi connectivity index (χ4n) is 3.47. The van der Waals surface area contributed by atoms with Gasteiger partial charge in [0.1, 0.15) is 0 Å². The van der Waals surface area contributed by atoms with Gasteiger partial charge in [-0.05, 0) is 50.4 Å². The average Bonchev–Trinajstić information content (AvgIpc) is 3.24. The lowest BCUT2D eigenvalue weighted by Gasteiger charge is -2.10. The third-order valence-corrected chi connectivity index (χ3v) is 5.09. The van der Waals surface area contributed by atoms with E-state index in [9.17, 15) is 4.79 Å². The summed E-state index contributed by atoms with van der Waals surface area (Å²) >= 11 is 3.51. The number of amides is 1. The number of halogens is 1. The molecule has 2 aromatic rings. The molecule has 2 aliphatic rings. The van der Waals surface area contributed by atoms with Crippen LogP contribution in [0, 0.1) is 0 Å². The van der Waals surface area contributed by atoms with Gasteiger partial charge in [0.2, 0.25) is 0 Å². The summed E-state index contributed by atoms with van der Waals surface area (Å²) in [5.41, 5.74) is 3.90. The number of carbonyl (C=O) groups excluding carboxylic acids is 1. The van der Waals surface area contributed by atoms with Gasteiger partial charge in [-0.1, -0.05) is 22.0 Å². The molecule has 1 amide bonds. The Morgan fingerprint density at radius 2 is 2.30 bits per heavy atom. The van der Waals surface area contributed by atoms with Crippen LogP contribution in [-0.2, 0) is 12.8 Å². The summed E-state index contributed by atoms with van der Waals surface area (Å²) in [5, 5.41) is 11.0. The molecule has 1 saturated heterocycles. The maximum Gasteiger partial charge on any atom is 0.272 e. The Morgan fingerprint density at radius 1 is 1.39 bits per heavy atom. The summed E-state index contributed by atoms with van der Waals surface area (Å²) in [6, 6.07) is 8.27. The Bertz CT molecular complexity index is 749. The van der Waals surface area contributed by atoms with Crippen molar-refractivity contribution in [2.45, 2.75) is 31.7 Å². The van der Waals surface area contributed by atoms with Gasteiger partial charge >= 0.3 is 0 Å². The maximum absolute atomic E-state index is 12.6. The van der Waals surface area contributed by atoms with Crippen LogP contribution in [0.2, 0.25) is 0 Å². The minimum Gasteiger partial charge on any atom is -0.347 e. The van der Waals surface area contributed by atoms with Crippen molar-refractivity contribution >= 4 is 21.8 Å². The molecule has 1 aliphatic heterocycles. The monoisotopic (exact) mass is 374 g/mol. The third kappa shape index (κ3) is 2.81. The number of nitrogens with one attached hydrogen (secondary N) is 2. The molecule has 0 spiro atoms. The minimum absolute atomic E-state index is 0.0365. The highest BCUT2D eigenvalue weighted by Crippen LogP contribution is 2.28. The fourth-order valence-corrected chi connectivity index (χ4v) is 3.86. The Labute approximate surface area is 143 Å². The number of fused-ring (bicyclic) bond motifs is 1. The normalized spacial score (nSPS) is 19.8. The van der Waals surface area contributed by atoms with E-state index in [0.29, 0.717) is 5.69 Å². The minimum atomic E-state index is -0.0365. The van der Waals surface area contributed by atoms with Gasteiger partial charge in [0.05, 0.1) is 5.69 Å². The van der Waals surface area contributed by atoms with Crippen LogP contribution in [0.15, 0.2) is 28.7 Å². The molecule has 1 aromatic heterocycles. The van der Waals surface area contributed by atoms with E-state index in [2.05, 4.69) is 31.7 Å². The van der Waals surface area contributed by atoms with E-state index >= 15 is 0 Å². The molecule has 1 atom stereocenters. The highest BCUT2D eigenvalue weighted by Gasteiger charge is 2.28. The van der Waals surface area contributed by atoms with Crippen molar-refractivity contribution in [1.29, 1.82) is 0 Å². The Hall–Kier alpha value is -1.66. The summed E-state index contributed by atoms with van der Waals surface area (Å²) in [6.07, 6.45) is 3.99. The van der Waals surface area contributed by atoms with Crippen LogP contribution in [0.5, 0.6) is 0 Å². The van der Waals surface area contributed by atoms with E-state index in [0.717, 1.165) is 54.5 Å². The highest BCUT2D eigenvalue weighted by atomic mass is 79.9. The number of rotatable bonds is 3. The van der Waals surface area contributed by atoms with Gasteiger partial charge in [0, 0.05) is 28.3 Å². The molecule has 4 rings (SSSR count). The quantitative estimate of drug-likeness (QED) is 0.865. The predicted octanol–water partition coefficient (Wildman–Crippen LogP) is 2.22. The van der Waals surface area contributed by atoms with Crippen molar-refractivity contribution in [3.8, 4) is 5.69 Å². The molecule has 1 unspecified atom stereocenters. The van der Waals surface area contributed by atoms with Crippen molar-refractivity contribution in [3.63, 3.8) is 0 Å². The first-order chi connectivity index (χ1) is 11.2. The van der Waals surface area contributed by atoms with Crippen molar-refractivity contribution in [2.75, 3.05) is 13.1 Å². The first-order valence-corrected chi connectivity index (χ1v) is 8.90. The number of aromatic nitrogens is 2. The highest BCUT2D eigenvalue weighted by molar-refractivity contribution is 9.10. The third-order valence-electron chi connectivity index (χ3n) is 4.59. The van der Waals surface area contributed by atoms with Crippen molar-refractivity contribution < 1.29 is 4.79 Å². The summed E-state index contributed by atoms with van der Waals surface area (Å²) in [6.45, 7) is 1.82. The van der Waals surface area contributed by atoms with Gasteiger partial charge in [-0.25, -0.2) is 4.68 Å². The molecular weight excluding hydrogens is 356 g/mol. The zero-order valence-corrected chi connectivity index (χ0v) is 14.4. The molecule has 2 N–H and O–H groups in total. The van der Waals surface area contributed by atoms with Crippen LogP contribution in [0.25, 0.3) is 5.69 Å². The van der Waals surface area contributed by atoms with E-state index in [-0.39, 0.29) is 11.9 Å². The van der Waals surface area contributed by atoms with Gasteiger partial charge in [0.15, 0.2) is 5.69 Å².